The second-order valence-corrected chi connectivity index (χ2v) is 14.8. The summed E-state index contributed by atoms with van der Waals surface area (Å²) in [5.41, 5.74) is 0.627. The number of rotatable bonds is 13. The molecule has 1 heterocycles. The quantitative estimate of drug-likeness (QED) is 0.183. The molecule has 1 saturated heterocycles. The number of piperazine rings is 1. The van der Waals surface area contributed by atoms with Crippen LogP contribution in [0.5, 0.6) is 0 Å². The number of nitrogens with one attached hydrogen (secondary N) is 3. The Bertz CT molecular complexity index is 1420. The maximum absolute atomic E-state index is 15.4. The van der Waals surface area contributed by atoms with Crippen LogP contribution in [0.1, 0.15) is 70.9 Å². The van der Waals surface area contributed by atoms with E-state index in [2.05, 4.69) is 16.0 Å². The highest BCUT2D eigenvalue weighted by atomic mass is 35.5. The van der Waals surface area contributed by atoms with Crippen molar-refractivity contribution < 1.29 is 37.0 Å². The average Bonchev–Trinajstić information content (AvgIpc) is 3.00. The van der Waals surface area contributed by atoms with Crippen molar-refractivity contribution in [1.82, 2.24) is 15.5 Å². The van der Waals surface area contributed by atoms with Gasteiger partial charge in [-0.15, -0.1) is 0 Å². The molecule has 0 radical (unpaired) electrons. The second-order valence-electron chi connectivity index (χ2n) is 13.3. The number of alkyl carbamates (subject to hydrolysis) is 1. The maximum Gasteiger partial charge on any atom is 0.410 e. The van der Waals surface area contributed by atoms with E-state index in [-0.39, 0.29) is 41.4 Å². The standard InChI is InChI=1S/C34H48ClFN4O7S/c1-21(2)29(22-12-14-23(35)15-13-22)30(39-32(42)46-6)31(41)38-28-11-7-10-27(36)26(28)17-16-24-20-40(33(43)47-34(3,4)5)25(19-37-24)9-8-18-48(44)45/h7,10-15,21,24-25,29-30,37H,8-9,16-20H2,1-6H3,(H,38,41)(H,39,42)(H,44,45)/t24?,25?,29-,30+/m1/s1. The Balaban J connectivity index is 1.80. The molecule has 2 aromatic rings. The number of ether oxygens (including phenoxy) is 2. The fourth-order valence-corrected chi connectivity index (χ4v) is 6.45. The van der Waals surface area contributed by atoms with Crippen molar-refractivity contribution in [2.45, 2.75) is 89.9 Å². The van der Waals surface area contributed by atoms with Crippen LogP contribution in [0, 0.1) is 11.7 Å². The fourth-order valence-electron chi connectivity index (χ4n) is 5.91. The molecule has 0 saturated carbocycles. The Morgan fingerprint density at radius 3 is 2.44 bits per heavy atom. The predicted octanol–water partition coefficient (Wildman–Crippen LogP) is 6.09. The van der Waals surface area contributed by atoms with E-state index >= 15 is 4.39 Å². The molecule has 0 aliphatic carbocycles. The van der Waals surface area contributed by atoms with Crippen LogP contribution in [-0.4, -0.2) is 81.4 Å². The lowest BCUT2D eigenvalue weighted by Crippen LogP contribution is -2.59. The van der Waals surface area contributed by atoms with E-state index in [9.17, 15) is 23.1 Å². The molecule has 0 aromatic heterocycles. The van der Waals surface area contributed by atoms with Crippen LogP contribution in [0.3, 0.4) is 0 Å². The fraction of sp³-hybridized carbons (Fsp3) is 0.559. The number of hydrogen-bond donors (Lipinski definition) is 4. The summed E-state index contributed by atoms with van der Waals surface area (Å²) in [7, 11) is 1.21. The van der Waals surface area contributed by atoms with Crippen LogP contribution in [0.15, 0.2) is 42.5 Å². The molecule has 4 N–H and O–H groups in total. The Morgan fingerprint density at radius 2 is 1.83 bits per heavy atom. The number of benzene rings is 2. The summed E-state index contributed by atoms with van der Waals surface area (Å²) in [5, 5.41) is 9.48. The number of anilines is 1. The second kappa shape index (κ2) is 17.9. The van der Waals surface area contributed by atoms with E-state index < -0.39 is 52.6 Å². The minimum Gasteiger partial charge on any atom is -0.453 e. The molecule has 2 aromatic carbocycles. The molecule has 0 spiro atoms. The molecule has 48 heavy (non-hydrogen) atoms. The smallest absolute Gasteiger partial charge is 0.410 e. The Hall–Kier alpha value is -3.26. The van der Waals surface area contributed by atoms with Crippen molar-refractivity contribution in [3.63, 3.8) is 0 Å². The normalized spacial score (nSPS) is 18.5. The minimum absolute atomic E-state index is 0.0917. The first kappa shape index (κ1) is 39.2. The lowest BCUT2D eigenvalue weighted by atomic mass is 9.82. The van der Waals surface area contributed by atoms with Crippen LogP contribution in [0.25, 0.3) is 0 Å². The minimum atomic E-state index is -1.92. The van der Waals surface area contributed by atoms with Gasteiger partial charge in [-0.05, 0) is 82.2 Å². The number of amides is 3. The van der Waals surface area contributed by atoms with E-state index in [1.807, 2.05) is 13.8 Å². The molecule has 3 rings (SSSR count). The van der Waals surface area contributed by atoms with E-state index in [4.69, 9.17) is 21.1 Å². The zero-order valence-electron chi connectivity index (χ0n) is 28.4. The van der Waals surface area contributed by atoms with Gasteiger partial charge in [-0.25, -0.2) is 18.2 Å². The number of nitrogens with zero attached hydrogens (tertiary/aromatic N) is 1. The van der Waals surface area contributed by atoms with Gasteiger partial charge in [-0.3, -0.25) is 4.79 Å². The van der Waals surface area contributed by atoms with Gasteiger partial charge in [-0.2, -0.15) is 0 Å². The van der Waals surface area contributed by atoms with Crippen molar-refractivity contribution in [3.05, 3.63) is 64.4 Å². The average molecular weight is 711 g/mol. The largest absolute Gasteiger partial charge is 0.453 e. The van der Waals surface area contributed by atoms with Gasteiger partial charge in [0.1, 0.15) is 17.5 Å². The molecule has 266 valence electrons. The molecule has 0 bridgehead atoms. The van der Waals surface area contributed by atoms with Crippen molar-refractivity contribution in [2.24, 2.45) is 5.92 Å². The lowest BCUT2D eigenvalue weighted by molar-refractivity contribution is -0.118. The molecule has 11 nitrogen and oxygen atoms in total. The maximum atomic E-state index is 15.4. The van der Waals surface area contributed by atoms with Gasteiger partial charge in [-0.1, -0.05) is 43.6 Å². The van der Waals surface area contributed by atoms with Gasteiger partial charge >= 0.3 is 12.2 Å². The van der Waals surface area contributed by atoms with Gasteiger partial charge in [0.15, 0.2) is 11.1 Å². The zero-order valence-corrected chi connectivity index (χ0v) is 30.0. The van der Waals surface area contributed by atoms with Gasteiger partial charge in [0.05, 0.1) is 7.11 Å². The van der Waals surface area contributed by atoms with E-state index in [1.54, 1.807) is 56.0 Å². The number of halogens is 2. The first-order valence-electron chi connectivity index (χ1n) is 16.1. The first-order chi connectivity index (χ1) is 22.6. The molecule has 14 heteroatoms. The van der Waals surface area contributed by atoms with E-state index in [0.29, 0.717) is 37.4 Å². The number of methoxy groups -OCH3 is 1. The lowest BCUT2D eigenvalue weighted by Gasteiger charge is -2.41. The third-order valence-corrected chi connectivity index (χ3v) is 9.07. The predicted molar refractivity (Wildman–Crippen MR) is 185 cm³/mol. The zero-order chi connectivity index (χ0) is 35.6. The molecular formula is C34H48ClFN4O7S. The highest BCUT2D eigenvalue weighted by molar-refractivity contribution is 7.79. The van der Waals surface area contributed by atoms with Gasteiger partial charge in [0.25, 0.3) is 0 Å². The number of hydrogen-bond acceptors (Lipinski definition) is 7. The van der Waals surface area contributed by atoms with E-state index in [0.717, 1.165) is 5.56 Å². The van der Waals surface area contributed by atoms with Gasteiger partial charge < -0.3 is 34.9 Å². The Labute approximate surface area is 289 Å². The molecular weight excluding hydrogens is 663 g/mol. The van der Waals surface area contributed by atoms with Crippen molar-refractivity contribution in [3.8, 4) is 0 Å². The van der Waals surface area contributed by atoms with Crippen LogP contribution in [-0.2, 0) is 31.8 Å². The number of carbonyl (C=O) groups excluding carboxylic acids is 3. The first-order valence-corrected chi connectivity index (χ1v) is 17.7. The highest BCUT2D eigenvalue weighted by Gasteiger charge is 2.36. The van der Waals surface area contributed by atoms with Gasteiger partial charge in [0, 0.05) is 53.1 Å². The molecule has 1 fully saturated rings. The highest BCUT2D eigenvalue weighted by Crippen LogP contribution is 2.31. The molecule has 1 aliphatic heterocycles. The van der Waals surface area contributed by atoms with E-state index in [1.165, 1.54) is 19.2 Å². The van der Waals surface area contributed by atoms with Gasteiger partial charge in [0.2, 0.25) is 5.91 Å². The van der Waals surface area contributed by atoms with Crippen LogP contribution in [0.2, 0.25) is 5.02 Å². The molecule has 5 atom stereocenters. The summed E-state index contributed by atoms with van der Waals surface area (Å²) in [6.07, 6.45) is 0.375. The third-order valence-electron chi connectivity index (χ3n) is 8.18. The van der Waals surface area contributed by atoms with Crippen LogP contribution >= 0.6 is 11.6 Å². The summed E-state index contributed by atoms with van der Waals surface area (Å²) in [4.78, 5) is 41.1. The SMILES string of the molecule is COC(=O)N[C@H](C(=O)Nc1cccc(F)c1CCC1CN(C(=O)OC(C)(C)C)C(CCCS(=O)O)CN1)[C@@H](c1ccc(Cl)cc1)C(C)C. The topological polar surface area (TPSA) is 146 Å². The van der Waals surface area contributed by atoms with Crippen LogP contribution in [0.4, 0.5) is 19.7 Å². The van der Waals surface area contributed by atoms with Crippen molar-refractivity contribution in [2.75, 3.05) is 31.3 Å². The molecule has 1 aliphatic rings. The molecule has 3 unspecified atom stereocenters. The Morgan fingerprint density at radius 1 is 1.15 bits per heavy atom. The molecule has 3 amide bonds. The summed E-state index contributed by atoms with van der Waals surface area (Å²) < 4.78 is 46.2. The summed E-state index contributed by atoms with van der Waals surface area (Å²) in [6.45, 7) is 9.95. The summed E-state index contributed by atoms with van der Waals surface area (Å²) in [5.74, 6) is -1.49. The monoisotopic (exact) mass is 710 g/mol. The summed E-state index contributed by atoms with van der Waals surface area (Å²) >= 11 is 4.18. The van der Waals surface area contributed by atoms with Crippen molar-refractivity contribution in [1.29, 1.82) is 0 Å². The van der Waals surface area contributed by atoms with Crippen LogP contribution < -0.4 is 16.0 Å². The number of carbonyl (C=O) groups is 3. The summed E-state index contributed by atoms with van der Waals surface area (Å²) in [6, 6.07) is 9.96. The van der Waals surface area contributed by atoms with Crippen molar-refractivity contribution >= 4 is 46.5 Å². The Kier molecular flexibility index (Phi) is 14.6. The third kappa shape index (κ3) is 11.7.